The van der Waals surface area contributed by atoms with Crippen molar-refractivity contribution in [1.29, 1.82) is 0 Å². The van der Waals surface area contributed by atoms with Crippen molar-refractivity contribution in [3.05, 3.63) is 28.7 Å². The molecule has 0 unspecified atom stereocenters. The van der Waals surface area contributed by atoms with E-state index in [4.69, 9.17) is 4.74 Å². The van der Waals surface area contributed by atoms with Crippen molar-refractivity contribution in [1.82, 2.24) is 4.90 Å². The van der Waals surface area contributed by atoms with Crippen LogP contribution in [0.1, 0.15) is 32.5 Å². The van der Waals surface area contributed by atoms with Crippen molar-refractivity contribution in [3.8, 4) is 0 Å². The van der Waals surface area contributed by atoms with Gasteiger partial charge in [-0.1, -0.05) is 6.08 Å². The number of nitrogens with one attached hydrogen (secondary N) is 1. The van der Waals surface area contributed by atoms with Crippen LogP contribution in [-0.4, -0.2) is 54.9 Å². The van der Waals surface area contributed by atoms with Gasteiger partial charge in [0, 0.05) is 19.8 Å². The van der Waals surface area contributed by atoms with E-state index in [0.717, 1.165) is 11.3 Å². The Balaban J connectivity index is 3.14. The van der Waals surface area contributed by atoms with E-state index in [-0.39, 0.29) is 29.7 Å². The number of rotatable bonds is 8. The molecule has 0 aliphatic heterocycles. The molecule has 6 nitrogen and oxygen atoms in total. The van der Waals surface area contributed by atoms with Crippen molar-refractivity contribution in [3.63, 3.8) is 0 Å². The molecule has 24 heavy (non-hydrogen) atoms. The van der Waals surface area contributed by atoms with Gasteiger partial charge >= 0.3 is 5.97 Å². The average Bonchev–Trinajstić information content (AvgIpc) is 2.83. The Hall–Kier alpha value is -1.80. The summed E-state index contributed by atoms with van der Waals surface area (Å²) in [7, 11) is 3.27. The smallest absolute Gasteiger partial charge is 0.341 e. The van der Waals surface area contributed by atoms with Crippen LogP contribution in [0.25, 0.3) is 0 Å². The van der Waals surface area contributed by atoms with Gasteiger partial charge in [0.25, 0.3) is 5.91 Å². The highest BCUT2D eigenvalue weighted by Crippen LogP contribution is 2.34. The summed E-state index contributed by atoms with van der Waals surface area (Å²) in [6, 6.07) is 0. The molecule has 0 aliphatic carbocycles. The van der Waals surface area contributed by atoms with Crippen LogP contribution in [0.15, 0.2) is 12.7 Å². The molecule has 8 heteroatoms. The summed E-state index contributed by atoms with van der Waals surface area (Å²) in [5, 5.41) is 3.06. The van der Waals surface area contributed by atoms with Gasteiger partial charge in [-0.2, -0.15) is 0 Å². The monoisotopic (exact) mass is 370 g/mol. The fraction of sp³-hybridized carbons (Fsp3) is 0.438. The molecule has 1 aromatic heterocycles. The maximum absolute atomic E-state index is 12.3. The number of hydrogen-bond donors (Lipinski definition) is 1. The summed E-state index contributed by atoms with van der Waals surface area (Å²) >= 11 is 2.50. The summed E-state index contributed by atoms with van der Waals surface area (Å²) in [6.45, 7) is 7.20. The Morgan fingerprint density at radius 1 is 1.38 bits per heavy atom. The molecular formula is C16H22N2O4S2. The van der Waals surface area contributed by atoms with Gasteiger partial charge in [-0.15, -0.1) is 29.7 Å². The number of carbonyl (C=O) groups excluding carboxylic acids is 3. The molecule has 0 saturated heterocycles. The van der Waals surface area contributed by atoms with Crippen LogP contribution in [0.2, 0.25) is 0 Å². The van der Waals surface area contributed by atoms with Crippen molar-refractivity contribution in [2.75, 3.05) is 37.5 Å². The molecule has 1 aromatic rings. The normalized spacial score (nSPS) is 10.2. The number of hydrogen-bond acceptors (Lipinski definition) is 6. The minimum atomic E-state index is -0.543. The maximum atomic E-state index is 12.3. The number of carbonyl (C=O) groups is 3. The van der Waals surface area contributed by atoms with E-state index < -0.39 is 5.97 Å². The number of amides is 2. The maximum Gasteiger partial charge on any atom is 0.341 e. The van der Waals surface area contributed by atoms with E-state index in [1.165, 1.54) is 16.7 Å². The molecule has 0 spiro atoms. The van der Waals surface area contributed by atoms with Crippen LogP contribution < -0.4 is 5.32 Å². The Bertz CT molecular complexity index is 638. The molecule has 0 bridgehead atoms. The zero-order chi connectivity index (χ0) is 18.3. The summed E-state index contributed by atoms with van der Waals surface area (Å²) in [5.41, 5.74) is 0.764. The van der Waals surface area contributed by atoms with E-state index in [9.17, 15) is 14.4 Å². The lowest BCUT2D eigenvalue weighted by Crippen LogP contribution is -2.21. The summed E-state index contributed by atoms with van der Waals surface area (Å²) < 4.78 is 5.06. The Morgan fingerprint density at radius 3 is 2.58 bits per heavy atom. The van der Waals surface area contributed by atoms with Gasteiger partial charge in [0.1, 0.15) is 5.00 Å². The number of thiophene rings is 1. The fourth-order valence-electron chi connectivity index (χ4n) is 1.86. The van der Waals surface area contributed by atoms with Crippen molar-refractivity contribution in [2.45, 2.75) is 13.8 Å². The van der Waals surface area contributed by atoms with E-state index >= 15 is 0 Å². The van der Waals surface area contributed by atoms with E-state index in [0.29, 0.717) is 21.2 Å². The summed E-state index contributed by atoms with van der Waals surface area (Å²) in [6.07, 6.45) is 1.71. The first-order valence-electron chi connectivity index (χ1n) is 7.34. The van der Waals surface area contributed by atoms with Gasteiger partial charge in [0.15, 0.2) is 0 Å². The highest BCUT2D eigenvalue weighted by atomic mass is 32.2. The van der Waals surface area contributed by atoms with Crippen LogP contribution in [-0.2, 0) is 9.53 Å². The van der Waals surface area contributed by atoms with Crippen molar-refractivity contribution >= 4 is 45.9 Å². The Morgan fingerprint density at radius 2 is 2.04 bits per heavy atom. The third-order valence-electron chi connectivity index (χ3n) is 2.95. The molecule has 0 saturated carbocycles. The highest BCUT2D eigenvalue weighted by Gasteiger charge is 2.27. The second-order valence-electron chi connectivity index (χ2n) is 5.03. The first-order valence-corrected chi connectivity index (χ1v) is 9.31. The molecule has 0 aromatic carbocycles. The number of thioether (sulfide) groups is 1. The lowest BCUT2D eigenvalue weighted by Gasteiger charge is -2.09. The van der Waals surface area contributed by atoms with Crippen LogP contribution in [0.3, 0.4) is 0 Å². The lowest BCUT2D eigenvalue weighted by molar-refractivity contribution is -0.113. The molecule has 132 valence electrons. The fourth-order valence-corrected chi connectivity index (χ4v) is 3.63. The molecule has 1 heterocycles. The van der Waals surface area contributed by atoms with Gasteiger partial charge < -0.3 is 15.0 Å². The largest absolute Gasteiger partial charge is 0.462 e. The third-order valence-corrected chi connectivity index (χ3v) is 5.08. The Labute approximate surface area is 150 Å². The molecule has 1 N–H and O–H groups in total. The van der Waals surface area contributed by atoms with Gasteiger partial charge in [0.05, 0.1) is 22.8 Å². The molecule has 0 fully saturated rings. The molecular weight excluding hydrogens is 348 g/mol. The van der Waals surface area contributed by atoms with Crippen molar-refractivity contribution < 1.29 is 19.1 Å². The van der Waals surface area contributed by atoms with Gasteiger partial charge in [-0.05, 0) is 19.4 Å². The van der Waals surface area contributed by atoms with Crippen LogP contribution in [0, 0.1) is 6.92 Å². The number of esters is 1. The van der Waals surface area contributed by atoms with E-state index in [1.807, 2.05) is 0 Å². The highest BCUT2D eigenvalue weighted by molar-refractivity contribution is 8.00. The van der Waals surface area contributed by atoms with Crippen LogP contribution in [0.4, 0.5) is 5.00 Å². The zero-order valence-corrected chi connectivity index (χ0v) is 15.9. The predicted molar refractivity (Wildman–Crippen MR) is 99.2 cm³/mol. The standard InChI is InChI=1S/C16H22N2O4S2/c1-6-8-23-9-11(19)17-14-12(16(21)22-7-2)10(3)13(24-14)15(20)18(4)5/h6H,1,7-9H2,2-5H3,(H,17,19). The van der Waals surface area contributed by atoms with E-state index in [1.54, 1.807) is 34.0 Å². The first-order chi connectivity index (χ1) is 11.3. The minimum Gasteiger partial charge on any atom is -0.462 e. The average molecular weight is 370 g/mol. The summed E-state index contributed by atoms with van der Waals surface area (Å²) in [5.74, 6) is -0.103. The Kier molecular flexibility index (Phi) is 8.00. The molecule has 0 radical (unpaired) electrons. The third kappa shape index (κ3) is 5.10. The number of ether oxygens (including phenoxy) is 1. The predicted octanol–water partition coefficient (Wildman–Crippen LogP) is 2.79. The number of anilines is 1. The molecule has 1 rings (SSSR count). The lowest BCUT2D eigenvalue weighted by atomic mass is 10.1. The van der Waals surface area contributed by atoms with Crippen molar-refractivity contribution in [2.24, 2.45) is 0 Å². The second kappa shape index (κ2) is 9.48. The minimum absolute atomic E-state index is 0.216. The second-order valence-corrected chi connectivity index (χ2v) is 7.08. The molecule has 0 aliphatic rings. The van der Waals surface area contributed by atoms with Gasteiger partial charge in [-0.3, -0.25) is 9.59 Å². The first kappa shape index (κ1) is 20.2. The quantitative estimate of drug-likeness (QED) is 0.433. The summed E-state index contributed by atoms with van der Waals surface area (Å²) in [4.78, 5) is 38.4. The molecule has 2 amide bonds. The number of nitrogens with zero attached hydrogens (tertiary/aromatic N) is 1. The van der Waals surface area contributed by atoms with Gasteiger partial charge in [0.2, 0.25) is 5.91 Å². The van der Waals surface area contributed by atoms with Crippen LogP contribution in [0.5, 0.6) is 0 Å². The van der Waals surface area contributed by atoms with Crippen LogP contribution >= 0.6 is 23.1 Å². The van der Waals surface area contributed by atoms with Gasteiger partial charge in [-0.25, -0.2) is 4.79 Å². The van der Waals surface area contributed by atoms with E-state index in [2.05, 4.69) is 11.9 Å². The zero-order valence-electron chi connectivity index (χ0n) is 14.3. The SMILES string of the molecule is C=CCSCC(=O)Nc1sc(C(=O)N(C)C)c(C)c1C(=O)OCC. The molecule has 0 atom stereocenters. The topological polar surface area (TPSA) is 75.7 Å².